The Balaban J connectivity index is 2.10. The highest BCUT2D eigenvalue weighted by atomic mass is 79.9. The van der Waals surface area contributed by atoms with Crippen LogP contribution in [0.15, 0.2) is 22.7 Å². The fourth-order valence-corrected chi connectivity index (χ4v) is 2.88. The molecule has 0 aromatic heterocycles. The maximum atomic E-state index is 11.8. The van der Waals surface area contributed by atoms with E-state index < -0.39 is 0 Å². The van der Waals surface area contributed by atoms with Crippen molar-refractivity contribution in [3.05, 3.63) is 28.2 Å². The van der Waals surface area contributed by atoms with Crippen LogP contribution in [0.25, 0.3) is 0 Å². The van der Waals surface area contributed by atoms with Crippen molar-refractivity contribution in [2.24, 2.45) is 5.92 Å². The molecular weight excluding hydrogens is 280 g/mol. The first-order valence-electron chi connectivity index (χ1n) is 6.06. The van der Waals surface area contributed by atoms with E-state index in [2.05, 4.69) is 15.9 Å². The van der Waals surface area contributed by atoms with Gasteiger partial charge >= 0.3 is 0 Å². The number of carbonyl (C=O) groups is 1. The van der Waals surface area contributed by atoms with Crippen LogP contribution in [-0.4, -0.2) is 12.9 Å². The molecule has 0 spiro atoms. The lowest BCUT2D eigenvalue weighted by Crippen LogP contribution is -2.21. The monoisotopic (exact) mass is 296 g/mol. The topological polar surface area (TPSA) is 26.3 Å². The second-order valence-corrected chi connectivity index (χ2v) is 5.42. The third-order valence-corrected chi connectivity index (χ3v) is 4.15. The SMILES string of the molecule is COc1ccc(C[C@@H]2CCCCC2=O)c(Br)c1. The molecule has 2 rings (SSSR count). The summed E-state index contributed by atoms with van der Waals surface area (Å²) in [5.41, 5.74) is 1.20. The van der Waals surface area contributed by atoms with E-state index in [4.69, 9.17) is 4.74 Å². The first-order chi connectivity index (χ1) is 8.20. The van der Waals surface area contributed by atoms with Gasteiger partial charge in [0, 0.05) is 16.8 Å². The average molecular weight is 297 g/mol. The number of hydrogen-bond acceptors (Lipinski definition) is 2. The smallest absolute Gasteiger partial charge is 0.136 e. The van der Waals surface area contributed by atoms with Gasteiger partial charge in [-0.2, -0.15) is 0 Å². The van der Waals surface area contributed by atoms with Gasteiger partial charge in [-0.05, 0) is 37.0 Å². The van der Waals surface area contributed by atoms with Gasteiger partial charge in [-0.3, -0.25) is 4.79 Å². The van der Waals surface area contributed by atoms with Gasteiger partial charge in [0.05, 0.1) is 7.11 Å². The van der Waals surface area contributed by atoms with E-state index >= 15 is 0 Å². The summed E-state index contributed by atoms with van der Waals surface area (Å²) in [6.07, 6.45) is 4.91. The van der Waals surface area contributed by atoms with Gasteiger partial charge in [0.2, 0.25) is 0 Å². The number of halogens is 1. The van der Waals surface area contributed by atoms with E-state index in [0.717, 1.165) is 35.9 Å². The minimum Gasteiger partial charge on any atom is -0.497 e. The van der Waals surface area contributed by atoms with Crippen LogP contribution in [0, 0.1) is 5.92 Å². The zero-order valence-corrected chi connectivity index (χ0v) is 11.6. The van der Waals surface area contributed by atoms with Crippen LogP contribution in [0.2, 0.25) is 0 Å². The molecule has 0 aliphatic heterocycles. The van der Waals surface area contributed by atoms with E-state index in [-0.39, 0.29) is 5.92 Å². The fraction of sp³-hybridized carbons (Fsp3) is 0.500. The number of carbonyl (C=O) groups excluding carboxylic acids is 1. The molecule has 1 atom stereocenters. The summed E-state index contributed by atoms with van der Waals surface area (Å²) in [6.45, 7) is 0. The molecule has 3 heteroatoms. The first kappa shape index (κ1) is 12.6. The van der Waals surface area contributed by atoms with Crippen molar-refractivity contribution in [3.8, 4) is 5.75 Å². The largest absolute Gasteiger partial charge is 0.497 e. The normalized spacial score (nSPS) is 20.4. The average Bonchev–Trinajstić information content (AvgIpc) is 2.34. The van der Waals surface area contributed by atoms with Crippen LogP contribution in [0.1, 0.15) is 31.2 Å². The summed E-state index contributed by atoms with van der Waals surface area (Å²) in [7, 11) is 1.66. The lowest BCUT2D eigenvalue weighted by molar-refractivity contribution is -0.124. The van der Waals surface area contributed by atoms with Gasteiger partial charge in [0.1, 0.15) is 11.5 Å². The minimum atomic E-state index is 0.216. The number of Topliss-reactive ketones (excluding diaryl/α,β-unsaturated/α-hetero) is 1. The van der Waals surface area contributed by atoms with Crippen molar-refractivity contribution < 1.29 is 9.53 Å². The van der Waals surface area contributed by atoms with E-state index in [1.54, 1.807) is 7.11 Å². The van der Waals surface area contributed by atoms with Crippen molar-refractivity contribution in [2.45, 2.75) is 32.1 Å². The molecule has 1 fully saturated rings. The molecule has 0 bridgehead atoms. The standard InChI is InChI=1S/C14H17BrO2/c1-17-12-7-6-10(13(15)9-12)8-11-4-2-3-5-14(11)16/h6-7,9,11H,2-5,8H2,1H3/t11-/m0/s1. The summed E-state index contributed by atoms with van der Waals surface area (Å²) in [5.74, 6) is 1.49. The molecule has 1 aliphatic carbocycles. The molecule has 0 saturated heterocycles. The molecule has 0 radical (unpaired) electrons. The zero-order valence-electron chi connectivity index (χ0n) is 10.0. The Morgan fingerprint density at radius 3 is 2.88 bits per heavy atom. The van der Waals surface area contributed by atoms with Crippen molar-refractivity contribution in [3.63, 3.8) is 0 Å². The maximum Gasteiger partial charge on any atom is 0.136 e. The molecule has 0 heterocycles. The molecule has 1 saturated carbocycles. The molecule has 17 heavy (non-hydrogen) atoms. The lowest BCUT2D eigenvalue weighted by Gasteiger charge is -2.21. The van der Waals surface area contributed by atoms with Crippen LogP contribution < -0.4 is 4.74 Å². The molecule has 0 amide bonds. The molecule has 2 nitrogen and oxygen atoms in total. The first-order valence-corrected chi connectivity index (χ1v) is 6.85. The summed E-state index contributed by atoms with van der Waals surface area (Å²) in [6, 6.07) is 5.96. The van der Waals surface area contributed by atoms with E-state index in [1.807, 2.05) is 18.2 Å². The summed E-state index contributed by atoms with van der Waals surface area (Å²) >= 11 is 3.54. The Hall–Kier alpha value is -0.830. The Morgan fingerprint density at radius 2 is 2.24 bits per heavy atom. The quantitative estimate of drug-likeness (QED) is 0.849. The van der Waals surface area contributed by atoms with Crippen molar-refractivity contribution >= 4 is 21.7 Å². The Morgan fingerprint density at radius 1 is 1.41 bits per heavy atom. The van der Waals surface area contributed by atoms with Gasteiger partial charge in [-0.25, -0.2) is 0 Å². The number of ketones is 1. The van der Waals surface area contributed by atoms with Gasteiger partial charge in [0.25, 0.3) is 0 Å². The maximum absolute atomic E-state index is 11.8. The van der Waals surface area contributed by atoms with E-state index in [9.17, 15) is 4.79 Å². The molecule has 1 aromatic carbocycles. The van der Waals surface area contributed by atoms with E-state index in [1.165, 1.54) is 12.0 Å². The Bertz CT molecular complexity index is 415. The zero-order chi connectivity index (χ0) is 12.3. The molecule has 1 aliphatic rings. The van der Waals surface area contributed by atoms with Crippen molar-refractivity contribution in [1.82, 2.24) is 0 Å². The highest BCUT2D eigenvalue weighted by Gasteiger charge is 2.22. The second-order valence-electron chi connectivity index (χ2n) is 4.57. The number of benzene rings is 1. The third-order valence-electron chi connectivity index (χ3n) is 3.41. The molecule has 0 N–H and O–H groups in total. The minimum absolute atomic E-state index is 0.216. The van der Waals surface area contributed by atoms with Crippen LogP contribution in [0.3, 0.4) is 0 Å². The van der Waals surface area contributed by atoms with Gasteiger partial charge in [-0.15, -0.1) is 0 Å². The van der Waals surface area contributed by atoms with Crippen molar-refractivity contribution in [2.75, 3.05) is 7.11 Å². The van der Waals surface area contributed by atoms with E-state index in [0.29, 0.717) is 5.78 Å². The predicted molar refractivity (Wildman–Crippen MR) is 71.4 cm³/mol. The lowest BCUT2D eigenvalue weighted by atomic mass is 9.84. The molecule has 0 unspecified atom stereocenters. The Kier molecular flexibility index (Phi) is 4.21. The van der Waals surface area contributed by atoms with Crippen LogP contribution in [-0.2, 0) is 11.2 Å². The molecular formula is C14H17BrO2. The summed E-state index contributed by atoms with van der Waals surface area (Å²) in [5, 5.41) is 0. The van der Waals surface area contributed by atoms with Crippen LogP contribution >= 0.6 is 15.9 Å². The van der Waals surface area contributed by atoms with Crippen molar-refractivity contribution in [1.29, 1.82) is 0 Å². The fourth-order valence-electron chi connectivity index (χ4n) is 2.36. The third kappa shape index (κ3) is 3.09. The van der Waals surface area contributed by atoms with Gasteiger partial charge in [0.15, 0.2) is 0 Å². The molecule has 92 valence electrons. The second kappa shape index (κ2) is 5.67. The van der Waals surface area contributed by atoms with Gasteiger partial charge < -0.3 is 4.74 Å². The molecule has 1 aromatic rings. The number of hydrogen-bond donors (Lipinski definition) is 0. The Labute approximate surface area is 110 Å². The van der Waals surface area contributed by atoms with Crippen LogP contribution in [0.5, 0.6) is 5.75 Å². The highest BCUT2D eigenvalue weighted by Crippen LogP contribution is 2.29. The number of rotatable bonds is 3. The predicted octanol–water partition coefficient (Wildman–Crippen LogP) is 3.76. The van der Waals surface area contributed by atoms with Crippen LogP contribution in [0.4, 0.5) is 0 Å². The van der Waals surface area contributed by atoms with Gasteiger partial charge in [-0.1, -0.05) is 28.4 Å². The number of methoxy groups -OCH3 is 1. The summed E-state index contributed by atoms with van der Waals surface area (Å²) in [4.78, 5) is 11.8. The summed E-state index contributed by atoms with van der Waals surface area (Å²) < 4.78 is 6.20. The number of ether oxygens (including phenoxy) is 1. The highest BCUT2D eigenvalue weighted by molar-refractivity contribution is 9.10.